The number of hydrogen-bond donors (Lipinski definition) is 2. The van der Waals surface area contributed by atoms with Crippen molar-refractivity contribution in [2.24, 2.45) is 11.8 Å². The van der Waals surface area contributed by atoms with Crippen molar-refractivity contribution in [1.82, 2.24) is 5.32 Å². The van der Waals surface area contributed by atoms with Crippen molar-refractivity contribution < 1.29 is 14.7 Å². The van der Waals surface area contributed by atoms with Crippen LogP contribution < -0.4 is 5.32 Å². The van der Waals surface area contributed by atoms with E-state index in [2.05, 4.69) is 12.2 Å². The van der Waals surface area contributed by atoms with Gasteiger partial charge >= 0.3 is 5.97 Å². The minimum atomic E-state index is -0.998. The molecule has 2 unspecified atom stereocenters. The Balaban J connectivity index is 2.05. The van der Waals surface area contributed by atoms with Gasteiger partial charge in [0.25, 0.3) is 5.91 Å². The highest BCUT2D eigenvalue weighted by Crippen LogP contribution is 2.36. The lowest BCUT2D eigenvalue weighted by Crippen LogP contribution is -2.25. The van der Waals surface area contributed by atoms with Gasteiger partial charge < -0.3 is 10.4 Å². The molecule has 2 rings (SSSR count). The van der Waals surface area contributed by atoms with Crippen molar-refractivity contribution in [1.29, 1.82) is 0 Å². The Morgan fingerprint density at radius 2 is 2.15 bits per heavy atom. The fourth-order valence-electron chi connectivity index (χ4n) is 2.13. The average Bonchev–Trinajstić information content (AvgIpc) is 3.11. The van der Waals surface area contributed by atoms with E-state index >= 15 is 0 Å². The summed E-state index contributed by atoms with van der Waals surface area (Å²) in [6, 6.07) is 5.32. The minimum absolute atomic E-state index is 0.103. The van der Waals surface area contributed by atoms with E-state index in [1.807, 2.05) is 13.0 Å². The van der Waals surface area contributed by atoms with Crippen LogP contribution in [0.15, 0.2) is 24.3 Å². The summed E-state index contributed by atoms with van der Waals surface area (Å²) in [4.78, 5) is 22.6. The molecule has 1 aromatic rings. The highest BCUT2D eigenvalue weighted by atomic mass is 16.4. The molecule has 106 valence electrons. The number of carbonyl (C=O) groups excluding carboxylic acids is 1. The zero-order valence-corrected chi connectivity index (χ0v) is 11.7. The number of carbonyl (C=O) groups is 2. The minimum Gasteiger partial charge on any atom is -0.478 e. The first kappa shape index (κ1) is 14.3. The standard InChI is InChI=1S/C16H19NO3/c1-10-3-4-13(8-12(10)5-6-15(18)19)16(20)17-9-14-7-11(14)2/h3-6,8,11,14H,7,9H2,1-2H3,(H,17,20)(H,18,19)/b6-5+. The van der Waals surface area contributed by atoms with E-state index in [4.69, 9.17) is 5.11 Å². The molecule has 2 N–H and O–H groups in total. The summed E-state index contributed by atoms with van der Waals surface area (Å²) in [6.45, 7) is 4.78. The molecule has 0 saturated heterocycles. The maximum atomic E-state index is 12.0. The summed E-state index contributed by atoms with van der Waals surface area (Å²) >= 11 is 0. The van der Waals surface area contributed by atoms with Crippen molar-refractivity contribution in [2.75, 3.05) is 6.54 Å². The first-order valence-corrected chi connectivity index (χ1v) is 6.77. The van der Waals surface area contributed by atoms with Crippen LogP contribution in [0, 0.1) is 18.8 Å². The predicted octanol–water partition coefficient (Wildman–Crippen LogP) is 2.48. The van der Waals surface area contributed by atoms with Gasteiger partial charge in [0, 0.05) is 18.2 Å². The number of nitrogens with one attached hydrogen (secondary N) is 1. The molecular weight excluding hydrogens is 254 g/mol. The molecule has 4 heteroatoms. The second-order valence-electron chi connectivity index (χ2n) is 5.43. The highest BCUT2D eigenvalue weighted by Gasteiger charge is 2.32. The Bertz CT molecular complexity index is 563. The van der Waals surface area contributed by atoms with Crippen LogP contribution in [0.2, 0.25) is 0 Å². The third-order valence-corrected chi connectivity index (χ3v) is 3.75. The fourth-order valence-corrected chi connectivity index (χ4v) is 2.13. The SMILES string of the molecule is Cc1ccc(C(=O)NCC2CC2C)cc1/C=C/C(=O)O. The second kappa shape index (κ2) is 5.90. The van der Waals surface area contributed by atoms with Gasteiger partial charge in [-0.05, 0) is 54.5 Å². The molecule has 20 heavy (non-hydrogen) atoms. The molecule has 1 amide bonds. The molecule has 1 saturated carbocycles. The number of benzene rings is 1. The van der Waals surface area contributed by atoms with Gasteiger partial charge in [-0.2, -0.15) is 0 Å². The van der Waals surface area contributed by atoms with Crippen LogP contribution in [-0.2, 0) is 4.79 Å². The average molecular weight is 273 g/mol. The van der Waals surface area contributed by atoms with Gasteiger partial charge in [-0.1, -0.05) is 13.0 Å². The molecular formula is C16H19NO3. The number of hydrogen-bond acceptors (Lipinski definition) is 2. The summed E-state index contributed by atoms with van der Waals surface area (Å²) in [7, 11) is 0. The quantitative estimate of drug-likeness (QED) is 0.810. The van der Waals surface area contributed by atoms with Gasteiger partial charge in [0.15, 0.2) is 0 Å². The van der Waals surface area contributed by atoms with Gasteiger partial charge in [0.05, 0.1) is 0 Å². The van der Waals surface area contributed by atoms with E-state index in [1.165, 1.54) is 12.5 Å². The van der Waals surface area contributed by atoms with E-state index in [0.717, 1.165) is 17.2 Å². The first-order valence-electron chi connectivity index (χ1n) is 6.77. The molecule has 0 aromatic heterocycles. The van der Waals surface area contributed by atoms with Crippen LogP contribution >= 0.6 is 0 Å². The number of aliphatic carboxylic acids is 1. The molecule has 4 nitrogen and oxygen atoms in total. The van der Waals surface area contributed by atoms with E-state index in [9.17, 15) is 9.59 Å². The smallest absolute Gasteiger partial charge is 0.328 e. The maximum Gasteiger partial charge on any atom is 0.328 e. The lowest BCUT2D eigenvalue weighted by atomic mass is 10.0. The normalized spacial score (nSPS) is 20.9. The Hall–Kier alpha value is -2.10. The Kier molecular flexibility index (Phi) is 4.23. The van der Waals surface area contributed by atoms with E-state index < -0.39 is 5.97 Å². The Morgan fingerprint density at radius 3 is 2.75 bits per heavy atom. The van der Waals surface area contributed by atoms with E-state index in [-0.39, 0.29) is 5.91 Å². The summed E-state index contributed by atoms with van der Waals surface area (Å²) in [5.74, 6) is 0.217. The van der Waals surface area contributed by atoms with Crippen molar-refractivity contribution in [3.63, 3.8) is 0 Å². The first-order chi connectivity index (χ1) is 9.47. The van der Waals surface area contributed by atoms with E-state index in [0.29, 0.717) is 23.9 Å². The summed E-state index contributed by atoms with van der Waals surface area (Å²) in [5, 5.41) is 11.6. The maximum absolute atomic E-state index is 12.0. The molecule has 1 aliphatic rings. The van der Waals surface area contributed by atoms with Crippen molar-refractivity contribution in [3.05, 3.63) is 41.0 Å². The predicted molar refractivity (Wildman–Crippen MR) is 77.5 cm³/mol. The Labute approximate surface area is 118 Å². The second-order valence-corrected chi connectivity index (χ2v) is 5.43. The third-order valence-electron chi connectivity index (χ3n) is 3.75. The highest BCUT2D eigenvalue weighted by molar-refractivity contribution is 5.95. The number of amides is 1. The van der Waals surface area contributed by atoms with Crippen molar-refractivity contribution in [3.8, 4) is 0 Å². The van der Waals surface area contributed by atoms with Crippen LogP contribution in [0.25, 0.3) is 6.08 Å². The van der Waals surface area contributed by atoms with Gasteiger partial charge in [-0.15, -0.1) is 0 Å². The monoisotopic (exact) mass is 273 g/mol. The lowest BCUT2D eigenvalue weighted by Gasteiger charge is -2.07. The summed E-state index contributed by atoms with van der Waals surface area (Å²) < 4.78 is 0. The molecule has 0 radical (unpaired) electrons. The fraction of sp³-hybridized carbons (Fsp3) is 0.375. The molecule has 1 aromatic carbocycles. The molecule has 2 atom stereocenters. The van der Waals surface area contributed by atoms with Crippen LogP contribution in [0.5, 0.6) is 0 Å². The molecule has 1 fully saturated rings. The number of carboxylic acids is 1. The van der Waals surface area contributed by atoms with Gasteiger partial charge in [-0.25, -0.2) is 4.79 Å². The molecule has 0 bridgehead atoms. The number of rotatable bonds is 5. The van der Waals surface area contributed by atoms with Gasteiger partial charge in [0.1, 0.15) is 0 Å². The molecule has 0 spiro atoms. The molecule has 0 heterocycles. The van der Waals surface area contributed by atoms with Crippen LogP contribution in [0.4, 0.5) is 0 Å². The van der Waals surface area contributed by atoms with Crippen molar-refractivity contribution >= 4 is 18.0 Å². The van der Waals surface area contributed by atoms with Crippen molar-refractivity contribution in [2.45, 2.75) is 20.3 Å². The largest absolute Gasteiger partial charge is 0.478 e. The summed E-state index contributed by atoms with van der Waals surface area (Å²) in [5.41, 5.74) is 2.25. The van der Waals surface area contributed by atoms with Crippen LogP contribution in [-0.4, -0.2) is 23.5 Å². The third kappa shape index (κ3) is 3.70. The zero-order chi connectivity index (χ0) is 14.7. The lowest BCUT2D eigenvalue weighted by molar-refractivity contribution is -0.131. The number of aryl methyl sites for hydroxylation is 1. The van der Waals surface area contributed by atoms with E-state index in [1.54, 1.807) is 12.1 Å². The molecule has 1 aliphatic carbocycles. The van der Waals surface area contributed by atoms with Crippen LogP contribution in [0.1, 0.15) is 34.8 Å². The number of carboxylic acid groups (broad SMARTS) is 1. The topological polar surface area (TPSA) is 66.4 Å². The van der Waals surface area contributed by atoms with Crippen LogP contribution in [0.3, 0.4) is 0 Å². The van der Waals surface area contributed by atoms with Gasteiger partial charge in [0.2, 0.25) is 0 Å². The summed E-state index contributed by atoms with van der Waals surface area (Å²) in [6.07, 6.45) is 3.77. The molecule has 0 aliphatic heterocycles. The Morgan fingerprint density at radius 1 is 1.45 bits per heavy atom. The zero-order valence-electron chi connectivity index (χ0n) is 11.7. The van der Waals surface area contributed by atoms with Gasteiger partial charge in [-0.3, -0.25) is 4.79 Å².